The van der Waals surface area contributed by atoms with Crippen LogP contribution in [0, 0.1) is 5.92 Å². The van der Waals surface area contributed by atoms with Crippen LogP contribution in [0.15, 0.2) is 59.6 Å². The van der Waals surface area contributed by atoms with Crippen LogP contribution in [0.4, 0.5) is 0 Å². The molecule has 10 nitrogen and oxygen atoms in total. The van der Waals surface area contributed by atoms with E-state index >= 15 is 0 Å². The fourth-order valence-electron chi connectivity index (χ4n) is 3.76. The molecule has 12 heteroatoms. The van der Waals surface area contributed by atoms with Crippen LogP contribution in [0.2, 0.25) is 0 Å². The normalized spacial score (nSPS) is 20.0. The highest BCUT2D eigenvalue weighted by Gasteiger charge is 2.30. The first-order valence-corrected chi connectivity index (χ1v) is 15.1. The van der Waals surface area contributed by atoms with Gasteiger partial charge in [-0.3, -0.25) is 19.2 Å². The number of fused-ring (bicyclic) bond motifs is 2. The standard InChI is InChI=1S/C29H34N4O6S2/c1-4-21-27(36)33-26(18(2)3)29(38)39-20(12-8-9-13-40-25(35)14-19-10-6-5-7-11-19)15-23(34)30-16-24-31-22(17-41-24)28(37)32-21/h4-8,10-12,17-18,20,26H,9,13-16H2,1-3H3,(H,30,34)(H,32,37)(H,33,36)/t20-,26+/m1/s1. The average Bonchev–Trinajstić information content (AvgIpc) is 3.42. The Labute approximate surface area is 247 Å². The molecule has 2 heterocycles. The quantitative estimate of drug-likeness (QED) is 0.191. The summed E-state index contributed by atoms with van der Waals surface area (Å²) in [5, 5.41) is 9.99. The van der Waals surface area contributed by atoms with Crippen LogP contribution in [-0.2, 0) is 36.9 Å². The first-order valence-electron chi connectivity index (χ1n) is 13.2. The van der Waals surface area contributed by atoms with Crippen molar-refractivity contribution in [2.75, 3.05) is 5.75 Å². The summed E-state index contributed by atoms with van der Waals surface area (Å²) in [7, 11) is 0. The van der Waals surface area contributed by atoms with E-state index in [0.717, 1.165) is 5.56 Å². The van der Waals surface area contributed by atoms with Gasteiger partial charge in [0, 0.05) is 17.6 Å². The van der Waals surface area contributed by atoms with Gasteiger partial charge in [-0.05, 0) is 30.9 Å². The van der Waals surface area contributed by atoms with E-state index in [-0.39, 0.29) is 41.3 Å². The number of thiazole rings is 1. The second kappa shape index (κ2) is 15.9. The van der Waals surface area contributed by atoms with Crippen molar-refractivity contribution in [3.05, 3.63) is 75.9 Å². The number of aromatic nitrogens is 1. The minimum Gasteiger partial charge on any atom is -0.456 e. The monoisotopic (exact) mass is 598 g/mol. The topological polar surface area (TPSA) is 144 Å². The van der Waals surface area contributed by atoms with Crippen LogP contribution in [0.5, 0.6) is 0 Å². The van der Waals surface area contributed by atoms with Crippen LogP contribution in [-0.4, -0.2) is 51.7 Å². The number of rotatable bonds is 7. The molecule has 0 radical (unpaired) electrons. The minimum atomic E-state index is -1.03. The molecule has 0 unspecified atom stereocenters. The predicted octanol–water partition coefficient (Wildman–Crippen LogP) is 3.30. The number of carbonyl (C=O) groups excluding carboxylic acids is 5. The Bertz CT molecular complexity index is 1310. The van der Waals surface area contributed by atoms with E-state index < -0.39 is 29.9 Å². The summed E-state index contributed by atoms with van der Waals surface area (Å²) in [6, 6.07) is 8.47. The Morgan fingerprint density at radius 3 is 2.63 bits per heavy atom. The van der Waals surface area contributed by atoms with Gasteiger partial charge in [0.05, 0.1) is 13.0 Å². The van der Waals surface area contributed by atoms with E-state index in [0.29, 0.717) is 23.6 Å². The number of cyclic esters (lactones) is 1. The van der Waals surface area contributed by atoms with Gasteiger partial charge in [0.1, 0.15) is 28.5 Å². The van der Waals surface area contributed by atoms with Crippen LogP contribution in [0.1, 0.15) is 54.7 Å². The first kappa shape index (κ1) is 31.8. The molecule has 1 aliphatic heterocycles. The molecule has 2 aromatic rings. The Hall–Kier alpha value is -3.77. The maximum Gasteiger partial charge on any atom is 0.329 e. The molecule has 3 N–H and O–H groups in total. The van der Waals surface area contributed by atoms with E-state index in [1.165, 1.54) is 34.6 Å². The van der Waals surface area contributed by atoms with Crippen molar-refractivity contribution in [2.24, 2.45) is 5.92 Å². The number of amides is 3. The molecule has 0 spiro atoms. The lowest BCUT2D eigenvalue weighted by Crippen LogP contribution is -2.48. The van der Waals surface area contributed by atoms with Crippen molar-refractivity contribution >= 4 is 51.9 Å². The molecule has 2 atom stereocenters. The third-order valence-corrected chi connectivity index (χ3v) is 7.71. The van der Waals surface area contributed by atoms with Gasteiger partial charge >= 0.3 is 5.97 Å². The number of hydrogen-bond acceptors (Lipinski definition) is 9. The lowest BCUT2D eigenvalue weighted by molar-refractivity contribution is -0.153. The van der Waals surface area contributed by atoms with E-state index in [1.54, 1.807) is 32.9 Å². The maximum absolute atomic E-state index is 13.1. The highest BCUT2D eigenvalue weighted by molar-refractivity contribution is 8.13. The van der Waals surface area contributed by atoms with E-state index in [1.807, 2.05) is 30.3 Å². The summed E-state index contributed by atoms with van der Waals surface area (Å²) in [6.45, 7) is 5.17. The molecule has 0 saturated carbocycles. The average molecular weight is 599 g/mol. The first-order chi connectivity index (χ1) is 19.7. The van der Waals surface area contributed by atoms with Crippen molar-refractivity contribution in [3.8, 4) is 0 Å². The zero-order valence-electron chi connectivity index (χ0n) is 23.2. The summed E-state index contributed by atoms with van der Waals surface area (Å²) in [6.07, 6.45) is 4.65. The third kappa shape index (κ3) is 10.3. The zero-order chi connectivity index (χ0) is 29.8. The van der Waals surface area contributed by atoms with Crippen molar-refractivity contribution in [1.29, 1.82) is 0 Å². The largest absolute Gasteiger partial charge is 0.456 e. The number of allylic oxidation sites excluding steroid dienone is 2. The highest BCUT2D eigenvalue weighted by atomic mass is 32.2. The number of hydrogen-bond donors (Lipinski definition) is 3. The van der Waals surface area contributed by atoms with Gasteiger partial charge in [-0.2, -0.15) is 0 Å². The molecule has 41 heavy (non-hydrogen) atoms. The van der Waals surface area contributed by atoms with E-state index in [9.17, 15) is 24.0 Å². The third-order valence-electron chi connectivity index (χ3n) is 5.95. The van der Waals surface area contributed by atoms with Crippen LogP contribution in [0.25, 0.3) is 0 Å². The van der Waals surface area contributed by atoms with Crippen LogP contribution >= 0.6 is 23.1 Å². The second-order valence-corrected chi connectivity index (χ2v) is 11.6. The van der Waals surface area contributed by atoms with E-state index in [4.69, 9.17) is 4.74 Å². The molecule has 1 aliphatic rings. The molecule has 0 aliphatic carbocycles. The fourth-order valence-corrected chi connectivity index (χ4v) is 5.23. The molecule has 2 bridgehead atoms. The molecule has 3 amide bonds. The number of thioether (sulfide) groups is 1. The van der Waals surface area contributed by atoms with Gasteiger partial charge < -0.3 is 20.7 Å². The second-order valence-electron chi connectivity index (χ2n) is 9.53. The van der Waals surface area contributed by atoms with Crippen molar-refractivity contribution < 1.29 is 28.7 Å². The summed E-state index contributed by atoms with van der Waals surface area (Å²) in [4.78, 5) is 67.9. The van der Waals surface area contributed by atoms with Gasteiger partial charge in [-0.25, -0.2) is 9.78 Å². The highest BCUT2D eigenvalue weighted by Crippen LogP contribution is 2.15. The Morgan fingerprint density at radius 1 is 1.17 bits per heavy atom. The minimum absolute atomic E-state index is 0.0286. The van der Waals surface area contributed by atoms with Crippen LogP contribution < -0.4 is 16.0 Å². The van der Waals surface area contributed by atoms with Gasteiger partial charge in [0.25, 0.3) is 11.8 Å². The predicted molar refractivity (Wildman–Crippen MR) is 158 cm³/mol. The molecular formula is C29H34N4O6S2. The van der Waals surface area contributed by atoms with E-state index in [2.05, 4.69) is 20.9 Å². The zero-order valence-corrected chi connectivity index (χ0v) is 24.8. The van der Waals surface area contributed by atoms with Gasteiger partial charge in [-0.15, -0.1) is 11.3 Å². The molecule has 0 fully saturated rings. The molecule has 1 aromatic heterocycles. The molecule has 0 saturated heterocycles. The van der Waals surface area contributed by atoms with Crippen molar-refractivity contribution in [1.82, 2.24) is 20.9 Å². The summed E-state index contributed by atoms with van der Waals surface area (Å²) in [5.74, 6) is -2.13. The lowest BCUT2D eigenvalue weighted by Gasteiger charge is -2.24. The SMILES string of the molecule is CC=C1NC(=O)c2csc(n2)CNC(=O)C[C@@H](C=CCCSC(=O)Cc2ccccc2)OC(=O)[C@H](C(C)C)NC1=O. The Balaban J connectivity index is 1.70. The summed E-state index contributed by atoms with van der Waals surface area (Å²) < 4.78 is 5.67. The van der Waals surface area contributed by atoms with Gasteiger partial charge in [0.15, 0.2) is 5.12 Å². The number of nitrogens with zero attached hydrogens (tertiary/aromatic N) is 1. The number of esters is 1. The molecular weight excluding hydrogens is 564 g/mol. The summed E-state index contributed by atoms with van der Waals surface area (Å²) in [5.41, 5.74) is 1.03. The van der Waals surface area contributed by atoms with Crippen molar-refractivity contribution in [2.45, 2.75) is 58.7 Å². The number of nitrogens with one attached hydrogen (secondary N) is 3. The Kier molecular flexibility index (Phi) is 12.3. The fraction of sp³-hybridized carbons (Fsp3) is 0.379. The number of ether oxygens (including phenoxy) is 1. The molecule has 218 valence electrons. The van der Waals surface area contributed by atoms with Gasteiger partial charge in [0.2, 0.25) is 5.91 Å². The number of carbonyl (C=O) groups is 5. The molecule has 1 aromatic carbocycles. The van der Waals surface area contributed by atoms with Crippen molar-refractivity contribution in [3.63, 3.8) is 0 Å². The van der Waals surface area contributed by atoms with Crippen LogP contribution in [0.3, 0.4) is 0 Å². The Morgan fingerprint density at radius 2 is 1.93 bits per heavy atom. The maximum atomic E-state index is 13.1. The molecule has 3 rings (SSSR count). The summed E-state index contributed by atoms with van der Waals surface area (Å²) >= 11 is 2.42. The van der Waals surface area contributed by atoms with Gasteiger partial charge in [-0.1, -0.05) is 68.1 Å². The lowest BCUT2D eigenvalue weighted by atomic mass is 10.0. The smallest absolute Gasteiger partial charge is 0.329 e. The number of benzene rings is 1.